The van der Waals surface area contributed by atoms with Crippen LogP contribution in [0.2, 0.25) is 0 Å². The smallest absolute Gasteiger partial charge is 0.238 e. The molecule has 1 N–H and O–H groups in total. The van der Waals surface area contributed by atoms with Crippen LogP contribution in [0.5, 0.6) is 0 Å². The van der Waals surface area contributed by atoms with Gasteiger partial charge in [-0.05, 0) is 44.7 Å². The van der Waals surface area contributed by atoms with Gasteiger partial charge in [0.1, 0.15) is 0 Å². The maximum Gasteiger partial charge on any atom is 0.238 e. The summed E-state index contributed by atoms with van der Waals surface area (Å²) in [5.74, 6) is 0.541. The molecule has 1 heterocycles. The number of Topliss-reactive ketones (excluding diaryl/α,β-unsaturated/α-hetero) is 1. The highest BCUT2D eigenvalue weighted by atomic mass is 16.5. The molecular formula is C18H24N2O3. The average Bonchev–Trinajstić information content (AvgIpc) is 3.31. The fourth-order valence-electron chi connectivity index (χ4n) is 3.23. The molecule has 1 aliphatic carbocycles. The van der Waals surface area contributed by atoms with Crippen LogP contribution in [0.15, 0.2) is 24.3 Å². The molecule has 2 atom stereocenters. The normalized spacial score (nSPS) is 25.1. The molecule has 1 saturated carbocycles. The Balaban J connectivity index is 1.59. The highest BCUT2D eigenvalue weighted by molar-refractivity contribution is 6.04. The number of carbonyl (C=O) groups is 2. The van der Waals surface area contributed by atoms with Crippen molar-refractivity contribution in [1.82, 2.24) is 4.90 Å². The Bertz CT molecular complexity index is 598. The molecule has 2 fully saturated rings. The number of anilines is 1. The summed E-state index contributed by atoms with van der Waals surface area (Å²) in [4.78, 5) is 26.1. The fourth-order valence-corrected chi connectivity index (χ4v) is 3.23. The van der Waals surface area contributed by atoms with Gasteiger partial charge in [-0.2, -0.15) is 0 Å². The van der Waals surface area contributed by atoms with Crippen LogP contribution in [0.3, 0.4) is 0 Å². The molecule has 124 valence electrons. The van der Waals surface area contributed by atoms with Crippen molar-refractivity contribution >= 4 is 17.4 Å². The van der Waals surface area contributed by atoms with Gasteiger partial charge < -0.3 is 10.1 Å². The zero-order valence-electron chi connectivity index (χ0n) is 13.7. The van der Waals surface area contributed by atoms with Gasteiger partial charge in [0.25, 0.3) is 0 Å². The molecule has 0 unspecified atom stereocenters. The highest BCUT2D eigenvalue weighted by Crippen LogP contribution is 2.36. The van der Waals surface area contributed by atoms with Crippen LogP contribution < -0.4 is 5.32 Å². The Kier molecular flexibility index (Phi) is 4.78. The summed E-state index contributed by atoms with van der Waals surface area (Å²) in [5.41, 5.74) is 1.14. The van der Waals surface area contributed by atoms with E-state index in [0.29, 0.717) is 23.7 Å². The summed E-state index contributed by atoms with van der Waals surface area (Å²) in [6, 6.07) is 7.12. The Labute approximate surface area is 137 Å². The minimum absolute atomic E-state index is 0.0466. The molecule has 1 aliphatic heterocycles. The predicted molar refractivity (Wildman–Crippen MR) is 88.6 cm³/mol. The number of benzene rings is 1. The molecule has 2 aliphatic rings. The van der Waals surface area contributed by atoms with E-state index in [1.807, 2.05) is 6.07 Å². The summed E-state index contributed by atoms with van der Waals surface area (Å²) >= 11 is 0. The lowest BCUT2D eigenvalue weighted by Gasteiger charge is -2.36. The van der Waals surface area contributed by atoms with E-state index in [2.05, 4.69) is 17.1 Å². The summed E-state index contributed by atoms with van der Waals surface area (Å²) in [6.07, 6.45) is 2.90. The third kappa shape index (κ3) is 4.18. The number of hydrogen-bond acceptors (Lipinski definition) is 4. The van der Waals surface area contributed by atoms with E-state index in [-0.39, 0.29) is 23.9 Å². The lowest BCUT2D eigenvalue weighted by Crippen LogP contribution is -2.49. The summed E-state index contributed by atoms with van der Waals surface area (Å²) in [5, 5.41) is 2.87. The second-order valence-electron chi connectivity index (χ2n) is 6.67. The van der Waals surface area contributed by atoms with E-state index in [1.54, 1.807) is 18.2 Å². The zero-order chi connectivity index (χ0) is 16.4. The van der Waals surface area contributed by atoms with Crippen molar-refractivity contribution in [2.45, 2.75) is 38.9 Å². The minimum atomic E-state index is -0.0812. The van der Waals surface area contributed by atoms with Crippen LogP contribution in [0, 0.1) is 5.92 Å². The van der Waals surface area contributed by atoms with Crippen LogP contribution in [0.25, 0.3) is 0 Å². The average molecular weight is 316 g/mol. The first-order chi connectivity index (χ1) is 11.0. The molecule has 23 heavy (non-hydrogen) atoms. The molecule has 1 aromatic rings. The largest absolute Gasteiger partial charge is 0.372 e. The number of nitrogens with one attached hydrogen (secondary N) is 1. The van der Waals surface area contributed by atoms with E-state index in [9.17, 15) is 9.59 Å². The molecule has 1 aromatic carbocycles. The summed E-state index contributed by atoms with van der Waals surface area (Å²) < 4.78 is 5.97. The topological polar surface area (TPSA) is 58.6 Å². The molecule has 3 rings (SSSR count). The quantitative estimate of drug-likeness (QED) is 0.847. The molecule has 0 aromatic heterocycles. The van der Waals surface area contributed by atoms with Crippen LogP contribution in [-0.4, -0.2) is 48.4 Å². The minimum Gasteiger partial charge on any atom is -0.372 e. The zero-order valence-corrected chi connectivity index (χ0v) is 13.7. The molecule has 5 nitrogen and oxygen atoms in total. The molecule has 0 bridgehead atoms. The van der Waals surface area contributed by atoms with E-state index in [1.165, 1.54) is 19.8 Å². The van der Waals surface area contributed by atoms with Crippen molar-refractivity contribution in [3.8, 4) is 0 Å². The second-order valence-corrected chi connectivity index (χ2v) is 6.67. The molecule has 1 saturated heterocycles. The Morgan fingerprint density at radius 1 is 1.26 bits per heavy atom. The van der Waals surface area contributed by atoms with Crippen molar-refractivity contribution in [1.29, 1.82) is 0 Å². The first-order valence-corrected chi connectivity index (χ1v) is 8.30. The van der Waals surface area contributed by atoms with Crippen LogP contribution >= 0.6 is 0 Å². The Hall–Kier alpha value is -1.72. The van der Waals surface area contributed by atoms with E-state index in [0.717, 1.165) is 13.1 Å². The van der Waals surface area contributed by atoms with Crippen LogP contribution in [-0.2, 0) is 9.53 Å². The number of carbonyl (C=O) groups excluding carboxylic acids is 2. The standard InChI is InChI=1S/C18H24N2O3/c1-12-9-20(10-17(23-12)14-7-8-14)11-18(22)19-16-6-4-3-5-15(16)13(2)21/h3-6,12,14,17H,7-11H2,1-2H3,(H,19,22)/t12-,17+/m0/s1. The number of hydrogen-bond donors (Lipinski definition) is 1. The molecule has 1 amide bonds. The molecule has 5 heteroatoms. The monoisotopic (exact) mass is 316 g/mol. The number of ketones is 1. The highest BCUT2D eigenvalue weighted by Gasteiger charge is 2.37. The lowest BCUT2D eigenvalue weighted by molar-refractivity contribution is -0.122. The van der Waals surface area contributed by atoms with Gasteiger partial charge in [-0.15, -0.1) is 0 Å². The maximum atomic E-state index is 12.3. The number of morpholine rings is 1. The van der Waals surface area contributed by atoms with Gasteiger partial charge in [0.05, 0.1) is 24.4 Å². The van der Waals surface area contributed by atoms with Crippen molar-refractivity contribution in [2.24, 2.45) is 5.92 Å². The SMILES string of the molecule is CC(=O)c1ccccc1NC(=O)CN1C[C@H](C)O[C@@H](C2CC2)C1. The number of nitrogens with zero attached hydrogens (tertiary/aromatic N) is 1. The third-order valence-electron chi connectivity index (χ3n) is 4.46. The summed E-state index contributed by atoms with van der Waals surface area (Å²) in [6.45, 7) is 5.49. The number of ether oxygens (including phenoxy) is 1. The molecule has 0 radical (unpaired) electrons. The van der Waals surface area contributed by atoms with E-state index >= 15 is 0 Å². The molecule has 0 spiro atoms. The van der Waals surface area contributed by atoms with Gasteiger partial charge in [0, 0.05) is 18.7 Å². The Morgan fingerprint density at radius 3 is 2.70 bits per heavy atom. The van der Waals surface area contributed by atoms with Gasteiger partial charge in [-0.3, -0.25) is 14.5 Å². The predicted octanol–water partition coefficient (Wildman–Crippen LogP) is 2.33. The third-order valence-corrected chi connectivity index (χ3v) is 4.46. The van der Waals surface area contributed by atoms with Crippen molar-refractivity contribution in [3.63, 3.8) is 0 Å². The van der Waals surface area contributed by atoms with Gasteiger partial charge in [-0.1, -0.05) is 12.1 Å². The summed E-state index contributed by atoms with van der Waals surface area (Å²) in [7, 11) is 0. The van der Waals surface area contributed by atoms with Crippen molar-refractivity contribution in [3.05, 3.63) is 29.8 Å². The maximum absolute atomic E-state index is 12.3. The fraction of sp³-hybridized carbons (Fsp3) is 0.556. The van der Waals surface area contributed by atoms with Gasteiger partial charge >= 0.3 is 0 Å². The van der Waals surface area contributed by atoms with Crippen molar-refractivity contribution < 1.29 is 14.3 Å². The van der Waals surface area contributed by atoms with Crippen LogP contribution in [0.1, 0.15) is 37.0 Å². The van der Waals surface area contributed by atoms with Gasteiger partial charge in [0.15, 0.2) is 5.78 Å². The molecular weight excluding hydrogens is 292 g/mol. The second kappa shape index (κ2) is 6.81. The van der Waals surface area contributed by atoms with Crippen LogP contribution in [0.4, 0.5) is 5.69 Å². The number of para-hydroxylation sites is 1. The van der Waals surface area contributed by atoms with E-state index < -0.39 is 0 Å². The number of amides is 1. The van der Waals surface area contributed by atoms with Gasteiger partial charge in [0.2, 0.25) is 5.91 Å². The van der Waals surface area contributed by atoms with Gasteiger partial charge in [-0.25, -0.2) is 0 Å². The first kappa shape index (κ1) is 16.1. The number of rotatable bonds is 5. The first-order valence-electron chi connectivity index (χ1n) is 8.30. The van der Waals surface area contributed by atoms with Crippen molar-refractivity contribution in [2.75, 3.05) is 25.0 Å². The van der Waals surface area contributed by atoms with E-state index in [4.69, 9.17) is 4.74 Å². The Morgan fingerprint density at radius 2 is 2.00 bits per heavy atom. The lowest BCUT2D eigenvalue weighted by atomic mass is 10.1.